The van der Waals surface area contributed by atoms with Crippen LogP contribution in [0.3, 0.4) is 0 Å². The van der Waals surface area contributed by atoms with Crippen molar-refractivity contribution in [2.45, 2.75) is 30.7 Å². The highest BCUT2D eigenvalue weighted by Gasteiger charge is 2.48. The first-order chi connectivity index (χ1) is 16.4. The van der Waals surface area contributed by atoms with Crippen LogP contribution >= 0.6 is 0 Å². The molecule has 186 valence electrons. The third-order valence-electron chi connectivity index (χ3n) is 5.18. The molecule has 13 nitrogen and oxygen atoms in total. The summed E-state index contributed by atoms with van der Waals surface area (Å²) in [5.74, 6) is -1.72. The van der Waals surface area contributed by atoms with Crippen molar-refractivity contribution in [2.24, 2.45) is 0 Å². The molecule has 0 saturated carbocycles. The molecule has 2 aromatic carbocycles. The first-order valence-corrected chi connectivity index (χ1v) is 11.2. The molecule has 14 heteroatoms. The summed E-state index contributed by atoms with van der Waals surface area (Å²) in [4.78, 5) is 24.2. The fourth-order valence-corrected chi connectivity index (χ4v) is 3.83. The molecule has 1 aromatic heterocycles. The number of hydrogen-bond donors (Lipinski definition) is 5. The molecule has 1 saturated heterocycles. The molecule has 0 radical (unpaired) electrons. The van der Waals surface area contributed by atoms with E-state index in [1.54, 1.807) is 0 Å². The minimum Gasteiger partial charge on any atom is -0.479 e. The Hall–Kier alpha value is -3.53. The lowest BCUT2D eigenvalue weighted by Gasteiger charge is -2.38. The average molecular weight is 510 g/mol. The van der Waals surface area contributed by atoms with Crippen LogP contribution in [0.5, 0.6) is 11.5 Å². The highest BCUT2D eigenvalue weighted by atomic mass is 32.3. The number of fused-ring (bicyclic) bond motifs is 1. The third kappa shape index (κ3) is 5.12. The van der Waals surface area contributed by atoms with Crippen molar-refractivity contribution in [3.05, 3.63) is 59.0 Å². The molecular formula is C21H18O13S. The van der Waals surface area contributed by atoms with Crippen LogP contribution < -0.4 is 14.3 Å². The van der Waals surface area contributed by atoms with Gasteiger partial charge in [-0.3, -0.25) is 9.35 Å². The number of rotatable bonds is 6. The summed E-state index contributed by atoms with van der Waals surface area (Å²) in [6.45, 7) is 0. The van der Waals surface area contributed by atoms with Crippen LogP contribution in [0.1, 0.15) is 0 Å². The van der Waals surface area contributed by atoms with Gasteiger partial charge in [0.15, 0.2) is 11.5 Å². The van der Waals surface area contributed by atoms with Gasteiger partial charge in [0.05, 0.1) is 10.9 Å². The van der Waals surface area contributed by atoms with Gasteiger partial charge in [-0.1, -0.05) is 12.1 Å². The van der Waals surface area contributed by atoms with Gasteiger partial charge in [-0.05, 0) is 29.8 Å². The minimum atomic E-state index is -4.70. The SMILES string of the molecule is O=C(O)[C@H]1O[C@@H](Oc2ccc3c(=O)c(-c4ccc(OS(=O)(=O)O)cc4)coc3c2)[C@H](O)[C@@H](O)[C@@H]1O. The van der Waals surface area contributed by atoms with Gasteiger partial charge in [0.1, 0.15) is 41.7 Å². The normalized spacial score (nSPS) is 24.7. The number of ether oxygens (including phenoxy) is 2. The minimum absolute atomic E-state index is 0.0110. The van der Waals surface area contributed by atoms with Gasteiger partial charge in [0.25, 0.3) is 0 Å². The van der Waals surface area contributed by atoms with Crippen molar-refractivity contribution in [2.75, 3.05) is 0 Å². The lowest BCUT2D eigenvalue weighted by molar-refractivity contribution is -0.271. The van der Waals surface area contributed by atoms with Gasteiger partial charge >= 0.3 is 16.4 Å². The molecule has 1 fully saturated rings. The second kappa shape index (κ2) is 9.26. The predicted octanol–water partition coefficient (Wildman–Crippen LogP) is -0.0874. The molecule has 5 N–H and O–H groups in total. The van der Waals surface area contributed by atoms with E-state index in [2.05, 4.69) is 4.18 Å². The molecule has 0 unspecified atom stereocenters. The van der Waals surface area contributed by atoms with Gasteiger partial charge in [0.2, 0.25) is 6.29 Å². The Morgan fingerprint density at radius 1 is 0.943 bits per heavy atom. The van der Waals surface area contributed by atoms with Gasteiger partial charge in [-0.15, -0.1) is 0 Å². The van der Waals surface area contributed by atoms with Crippen molar-refractivity contribution in [1.29, 1.82) is 0 Å². The quantitative estimate of drug-likeness (QED) is 0.275. The highest BCUT2D eigenvalue weighted by molar-refractivity contribution is 7.81. The predicted molar refractivity (Wildman–Crippen MR) is 115 cm³/mol. The molecule has 1 aliphatic rings. The average Bonchev–Trinajstić information content (AvgIpc) is 2.79. The van der Waals surface area contributed by atoms with Crippen LogP contribution in [0.4, 0.5) is 0 Å². The molecule has 4 rings (SSSR count). The Labute approximate surface area is 196 Å². The monoisotopic (exact) mass is 510 g/mol. The zero-order valence-corrected chi connectivity index (χ0v) is 18.2. The Kier molecular flexibility index (Phi) is 6.50. The van der Waals surface area contributed by atoms with Crippen LogP contribution in [-0.2, 0) is 19.9 Å². The summed E-state index contributed by atoms with van der Waals surface area (Å²) in [6, 6.07) is 9.20. The molecule has 5 atom stereocenters. The molecule has 0 amide bonds. The fourth-order valence-electron chi connectivity index (χ4n) is 3.48. The van der Waals surface area contributed by atoms with Gasteiger partial charge in [0, 0.05) is 6.07 Å². The van der Waals surface area contributed by atoms with E-state index in [1.807, 2.05) is 0 Å². The smallest absolute Gasteiger partial charge is 0.446 e. The summed E-state index contributed by atoms with van der Waals surface area (Å²) in [5.41, 5.74) is 0.134. The zero-order chi connectivity index (χ0) is 25.5. The topological polar surface area (TPSA) is 210 Å². The van der Waals surface area contributed by atoms with E-state index < -0.39 is 52.5 Å². The lowest BCUT2D eigenvalue weighted by Crippen LogP contribution is -2.61. The Morgan fingerprint density at radius 2 is 1.60 bits per heavy atom. The van der Waals surface area contributed by atoms with Crippen molar-refractivity contribution in [1.82, 2.24) is 0 Å². The van der Waals surface area contributed by atoms with Crippen LogP contribution in [0.25, 0.3) is 22.1 Å². The van der Waals surface area contributed by atoms with Crippen LogP contribution in [0.15, 0.2) is 57.9 Å². The number of carboxylic acid groups (broad SMARTS) is 1. The summed E-state index contributed by atoms with van der Waals surface area (Å²) < 4.78 is 50.6. The number of aliphatic hydroxyl groups excluding tert-OH is 3. The van der Waals surface area contributed by atoms with Crippen molar-refractivity contribution in [3.63, 3.8) is 0 Å². The van der Waals surface area contributed by atoms with Crippen LogP contribution in [0, 0.1) is 0 Å². The number of carbonyl (C=O) groups is 1. The fraction of sp³-hybridized carbons (Fsp3) is 0.238. The maximum Gasteiger partial charge on any atom is 0.446 e. The maximum atomic E-state index is 12.9. The van der Waals surface area contributed by atoms with Gasteiger partial charge < -0.3 is 38.5 Å². The van der Waals surface area contributed by atoms with Crippen molar-refractivity contribution in [3.8, 4) is 22.6 Å². The van der Waals surface area contributed by atoms with E-state index in [4.69, 9.17) is 23.6 Å². The Bertz CT molecular complexity index is 1410. The van der Waals surface area contributed by atoms with Crippen LogP contribution in [-0.4, -0.2) is 70.1 Å². The van der Waals surface area contributed by atoms with E-state index in [0.717, 1.165) is 6.26 Å². The Balaban J connectivity index is 1.59. The molecule has 0 spiro atoms. The van der Waals surface area contributed by atoms with E-state index in [9.17, 15) is 33.3 Å². The lowest BCUT2D eigenvalue weighted by atomic mass is 9.99. The number of aliphatic carboxylic acids is 1. The summed E-state index contributed by atoms with van der Waals surface area (Å²) in [6.07, 6.45) is -7.80. The van der Waals surface area contributed by atoms with Gasteiger partial charge in [-0.2, -0.15) is 8.42 Å². The molecule has 0 aliphatic carbocycles. The molecule has 2 heterocycles. The van der Waals surface area contributed by atoms with E-state index in [-0.39, 0.29) is 28.0 Å². The summed E-state index contributed by atoms with van der Waals surface area (Å²) in [5, 5.41) is 39.0. The summed E-state index contributed by atoms with van der Waals surface area (Å²) >= 11 is 0. The molecule has 1 aliphatic heterocycles. The van der Waals surface area contributed by atoms with Gasteiger partial charge in [-0.25, -0.2) is 4.79 Å². The number of aliphatic hydroxyl groups is 3. The van der Waals surface area contributed by atoms with Crippen LogP contribution in [0.2, 0.25) is 0 Å². The number of hydrogen-bond acceptors (Lipinski definition) is 11. The molecule has 0 bridgehead atoms. The van der Waals surface area contributed by atoms with E-state index in [1.165, 1.54) is 42.5 Å². The molecule has 35 heavy (non-hydrogen) atoms. The third-order valence-corrected chi connectivity index (χ3v) is 5.58. The number of benzene rings is 2. The second-order valence-electron chi connectivity index (χ2n) is 7.52. The van der Waals surface area contributed by atoms with E-state index >= 15 is 0 Å². The molecular weight excluding hydrogens is 492 g/mol. The molecule has 3 aromatic rings. The van der Waals surface area contributed by atoms with Crippen molar-refractivity contribution >= 4 is 27.3 Å². The Morgan fingerprint density at radius 3 is 2.23 bits per heavy atom. The first-order valence-electron chi connectivity index (χ1n) is 9.86. The van der Waals surface area contributed by atoms with Crippen molar-refractivity contribution < 1.29 is 56.3 Å². The second-order valence-corrected chi connectivity index (χ2v) is 8.55. The number of carboxylic acids is 1. The standard InChI is InChI=1S/C21H18O13S/c22-15-12-6-5-11(32-21-18(25)16(23)17(24)19(33-21)20(26)27)7-14(12)31-8-13(15)9-1-3-10(4-2-9)34-35(28,29)30/h1-8,16-19,21,23-25H,(H,26,27)(H,28,29,30)/t16-,17-,18+,19-,21+/m0/s1. The highest BCUT2D eigenvalue weighted by Crippen LogP contribution is 2.28. The first kappa shape index (κ1) is 24.6. The maximum absolute atomic E-state index is 12.9. The van der Waals surface area contributed by atoms with E-state index in [0.29, 0.717) is 5.56 Å². The largest absolute Gasteiger partial charge is 0.479 e. The summed E-state index contributed by atoms with van der Waals surface area (Å²) in [7, 11) is -4.70. The zero-order valence-electron chi connectivity index (χ0n) is 17.4.